The van der Waals surface area contributed by atoms with Gasteiger partial charge in [-0.15, -0.1) is 0 Å². The molecule has 0 saturated heterocycles. The molecule has 0 saturated carbocycles. The van der Waals surface area contributed by atoms with Gasteiger partial charge in [-0.2, -0.15) is 0 Å². The van der Waals surface area contributed by atoms with Gasteiger partial charge in [-0.1, -0.05) is 30.3 Å². The largest absolute Gasteiger partial charge is 0.383 e. The number of hydrogen-bond acceptors (Lipinski definition) is 4. The molecule has 1 aliphatic heterocycles. The summed E-state index contributed by atoms with van der Waals surface area (Å²) in [6.45, 7) is 4.41. The monoisotopic (exact) mass is 247 g/mol. The molecule has 0 amide bonds. The smallest absolute Gasteiger partial charge is 0.191 e. The van der Waals surface area contributed by atoms with Crippen LogP contribution in [0.1, 0.15) is 12.5 Å². The van der Waals surface area contributed by atoms with Crippen molar-refractivity contribution in [1.29, 1.82) is 0 Å². The van der Waals surface area contributed by atoms with Crippen molar-refractivity contribution in [3.8, 4) is 0 Å². The van der Waals surface area contributed by atoms with Gasteiger partial charge in [0.15, 0.2) is 5.96 Å². The first kappa shape index (κ1) is 12.9. The number of rotatable bonds is 5. The summed E-state index contributed by atoms with van der Waals surface area (Å²) in [5.41, 5.74) is 7.24. The Kier molecular flexibility index (Phi) is 3.87. The number of aliphatic imine (C=N–C) groups is 1. The van der Waals surface area contributed by atoms with Gasteiger partial charge in [0, 0.05) is 13.7 Å². The lowest BCUT2D eigenvalue weighted by Gasteiger charge is -2.36. The Morgan fingerprint density at radius 1 is 1.39 bits per heavy atom. The summed E-state index contributed by atoms with van der Waals surface area (Å²) < 4.78 is 5.14. The molecule has 1 aromatic rings. The van der Waals surface area contributed by atoms with Crippen LogP contribution < -0.4 is 5.73 Å². The van der Waals surface area contributed by atoms with Gasteiger partial charge in [0.1, 0.15) is 0 Å². The molecule has 2 N–H and O–H groups in total. The summed E-state index contributed by atoms with van der Waals surface area (Å²) in [4.78, 5) is 6.54. The standard InChI is InChI=1S/C14H21N3O/c1-14(10-12-6-4-3-5-7-12)11-16-13(15)17(14)8-9-18-2/h3-7H,8-11H2,1-2H3,(H2,15,16). The van der Waals surface area contributed by atoms with Crippen molar-refractivity contribution in [2.45, 2.75) is 18.9 Å². The number of methoxy groups -OCH3 is 1. The van der Waals surface area contributed by atoms with E-state index in [-0.39, 0.29) is 5.54 Å². The minimum Gasteiger partial charge on any atom is -0.383 e. The zero-order valence-electron chi connectivity index (χ0n) is 11.1. The number of guanidine groups is 1. The molecule has 1 unspecified atom stereocenters. The van der Waals surface area contributed by atoms with Crippen LogP contribution >= 0.6 is 0 Å². The van der Waals surface area contributed by atoms with Gasteiger partial charge in [0.2, 0.25) is 0 Å². The summed E-state index contributed by atoms with van der Waals surface area (Å²) in [7, 11) is 1.71. The Morgan fingerprint density at radius 3 is 2.78 bits per heavy atom. The first-order valence-corrected chi connectivity index (χ1v) is 6.26. The zero-order chi connectivity index (χ0) is 13.0. The third-order valence-electron chi connectivity index (χ3n) is 3.46. The Morgan fingerprint density at radius 2 is 2.11 bits per heavy atom. The van der Waals surface area contributed by atoms with E-state index in [0.717, 1.165) is 19.5 Å². The van der Waals surface area contributed by atoms with E-state index in [4.69, 9.17) is 10.5 Å². The molecular weight excluding hydrogens is 226 g/mol. The van der Waals surface area contributed by atoms with E-state index in [0.29, 0.717) is 12.6 Å². The maximum absolute atomic E-state index is 5.97. The fourth-order valence-corrected chi connectivity index (χ4v) is 2.45. The molecule has 0 radical (unpaired) electrons. The van der Waals surface area contributed by atoms with Crippen LogP contribution in [0.25, 0.3) is 0 Å². The van der Waals surface area contributed by atoms with Gasteiger partial charge >= 0.3 is 0 Å². The Balaban J connectivity index is 2.09. The van der Waals surface area contributed by atoms with Crippen LogP contribution in [0, 0.1) is 0 Å². The SMILES string of the molecule is COCCN1C(N)=NCC1(C)Cc1ccccc1. The third-order valence-corrected chi connectivity index (χ3v) is 3.46. The molecule has 98 valence electrons. The van der Waals surface area contributed by atoms with Crippen molar-refractivity contribution in [3.63, 3.8) is 0 Å². The Bertz CT molecular complexity index is 418. The Hall–Kier alpha value is -1.55. The van der Waals surface area contributed by atoms with E-state index in [2.05, 4.69) is 41.1 Å². The number of nitrogens with zero attached hydrogens (tertiary/aromatic N) is 2. The van der Waals surface area contributed by atoms with Gasteiger partial charge in [-0.25, -0.2) is 0 Å². The molecule has 4 nitrogen and oxygen atoms in total. The minimum atomic E-state index is -0.0377. The summed E-state index contributed by atoms with van der Waals surface area (Å²) in [6, 6.07) is 10.5. The van der Waals surface area contributed by atoms with Crippen LogP contribution in [-0.4, -0.2) is 43.2 Å². The fraction of sp³-hybridized carbons (Fsp3) is 0.500. The molecule has 4 heteroatoms. The normalized spacial score (nSPS) is 23.2. The van der Waals surface area contributed by atoms with Crippen LogP contribution in [0.2, 0.25) is 0 Å². The van der Waals surface area contributed by atoms with Crippen LogP contribution in [0.15, 0.2) is 35.3 Å². The van der Waals surface area contributed by atoms with Crippen molar-refractivity contribution < 1.29 is 4.74 Å². The van der Waals surface area contributed by atoms with E-state index < -0.39 is 0 Å². The fourth-order valence-electron chi connectivity index (χ4n) is 2.45. The topological polar surface area (TPSA) is 50.9 Å². The molecule has 1 heterocycles. The second kappa shape index (κ2) is 5.40. The highest BCUT2D eigenvalue weighted by atomic mass is 16.5. The molecular formula is C14H21N3O. The Labute approximate surface area is 108 Å². The van der Waals surface area contributed by atoms with E-state index >= 15 is 0 Å². The van der Waals surface area contributed by atoms with Gasteiger partial charge in [0.25, 0.3) is 0 Å². The van der Waals surface area contributed by atoms with Crippen molar-refractivity contribution in [2.75, 3.05) is 26.8 Å². The van der Waals surface area contributed by atoms with Crippen LogP contribution in [0.5, 0.6) is 0 Å². The van der Waals surface area contributed by atoms with Gasteiger partial charge < -0.3 is 15.4 Å². The summed E-state index contributed by atoms with van der Waals surface area (Å²) >= 11 is 0. The molecule has 18 heavy (non-hydrogen) atoms. The van der Waals surface area contributed by atoms with Gasteiger partial charge in [0.05, 0.1) is 18.7 Å². The molecule has 0 bridgehead atoms. The molecule has 0 spiro atoms. The molecule has 0 fully saturated rings. The first-order chi connectivity index (χ1) is 8.65. The molecule has 1 aromatic carbocycles. The van der Waals surface area contributed by atoms with Gasteiger partial charge in [-0.05, 0) is 18.9 Å². The highest BCUT2D eigenvalue weighted by Gasteiger charge is 2.37. The average Bonchev–Trinajstić information content (AvgIpc) is 2.64. The second-order valence-electron chi connectivity index (χ2n) is 4.98. The van der Waals surface area contributed by atoms with Crippen LogP contribution in [-0.2, 0) is 11.2 Å². The lowest BCUT2D eigenvalue weighted by molar-refractivity contribution is 0.137. The highest BCUT2D eigenvalue weighted by molar-refractivity contribution is 5.81. The van der Waals surface area contributed by atoms with Crippen LogP contribution in [0.4, 0.5) is 0 Å². The lowest BCUT2D eigenvalue weighted by atomic mass is 9.92. The summed E-state index contributed by atoms with van der Waals surface area (Å²) in [5.74, 6) is 0.630. The van der Waals surface area contributed by atoms with Crippen LogP contribution in [0.3, 0.4) is 0 Å². The minimum absolute atomic E-state index is 0.0377. The highest BCUT2D eigenvalue weighted by Crippen LogP contribution is 2.25. The number of benzene rings is 1. The van der Waals surface area contributed by atoms with Crippen molar-refractivity contribution in [2.24, 2.45) is 10.7 Å². The van der Waals surface area contributed by atoms with Crippen molar-refractivity contribution >= 4 is 5.96 Å². The summed E-state index contributed by atoms with van der Waals surface area (Å²) in [5, 5.41) is 0. The second-order valence-corrected chi connectivity index (χ2v) is 4.98. The van der Waals surface area contributed by atoms with E-state index in [1.165, 1.54) is 5.56 Å². The average molecular weight is 247 g/mol. The molecule has 2 rings (SSSR count). The molecule has 0 aliphatic carbocycles. The van der Waals surface area contributed by atoms with E-state index in [1.54, 1.807) is 7.11 Å². The van der Waals surface area contributed by atoms with E-state index in [1.807, 2.05) is 6.07 Å². The number of hydrogen-bond donors (Lipinski definition) is 1. The molecule has 1 aliphatic rings. The zero-order valence-corrected chi connectivity index (χ0v) is 11.1. The lowest BCUT2D eigenvalue weighted by Crippen LogP contribution is -2.52. The molecule has 0 aromatic heterocycles. The molecule has 1 atom stereocenters. The number of nitrogens with two attached hydrogens (primary N) is 1. The maximum atomic E-state index is 5.97. The number of ether oxygens (including phenoxy) is 1. The predicted octanol–water partition coefficient (Wildman–Crippen LogP) is 1.26. The summed E-state index contributed by atoms with van der Waals surface area (Å²) in [6.07, 6.45) is 0.946. The van der Waals surface area contributed by atoms with Crippen molar-refractivity contribution in [3.05, 3.63) is 35.9 Å². The first-order valence-electron chi connectivity index (χ1n) is 6.26. The van der Waals surface area contributed by atoms with Crippen molar-refractivity contribution in [1.82, 2.24) is 4.90 Å². The van der Waals surface area contributed by atoms with Gasteiger partial charge in [-0.3, -0.25) is 4.99 Å². The third kappa shape index (κ3) is 2.64. The van der Waals surface area contributed by atoms with E-state index in [9.17, 15) is 0 Å². The quantitative estimate of drug-likeness (QED) is 0.852. The predicted molar refractivity (Wildman–Crippen MR) is 73.6 cm³/mol. The maximum Gasteiger partial charge on any atom is 0.191 e.